The number of halogens is 3. The Morgan fingerprint density at radius 2 is 1.56 bits per heavy atom. The quantitative estimate of drug-likeness (QED) is 0.195. The number of benzene rings is 3. The van der Waals surface area contributed by atoms with Crippen LogP contribution in [0.3, 0.4) is 0 Å². The van der Waals surface area contributed by atoms with Crippen LogP contribution in [0.2, 0.25) is 0 Å². The highest BCUT2D eigenvalue weighted by Crippen LogP contribution is 2.37. The average molecular weight is 623 g/mol. The third-order valence-electron chi connectivity index (χ3n) is 8.87. The normalized spacial score (nSPS) is 15.9. The van der Waals surface area contributed by atoms with Gasteiger partial charge in [-0.1, -0.05) is 81.4 Å². The van der Waals surface area contributed by atoms with E-state index in [0.717, 1.165) is 63.9 Å². The number of nitrogens with zero attached hydrogens (tertiary/aromatic N) is 1. The number of alkyl halides is 3. The van der Waals surface area contributed by atoms with Crippen molar-refractivity contribution < 1.29 is 27.5 Å². The summed E-state index contributed by atoms with van der Waals surface area (Å²) in [6, 6.07) is 22.2. The second-order valence-corrected chi connectivity index (χ2v) is 12.6. The maximum atomic E-state index is 13.3. The van der Waals surface area contributed by atoms with E-state index in [9.17, 15) is 22.8 Å². The van der Waals surface area contributed by atoms with Gasteiger partial charge in [0.25, 0.3) is 5.91 Å². The highest BCUT2D eigenvalue weighted by atomic mass is 19.4. The Morgan fingerprint density at radius 3 is 2.18 bits per heavy atom. The second-order valence-electron chi connectivity index (χ2n) is 12.6. The molecule has 0 saturated carbocycles. The molecule has 1 saturated heterocycles. The highest BCUT2D eigenvalue weighted by molar-refractivity contribution is 6.01. The fraction of sp³-hybridized carbons (Fsp3) is 0.459. The number of carbonyl (C=O) groups excluding carboxylic acids is 2. The van der Waals surface area contributed by atoms with E-state index in [1.54, 1.807) is 24.3 Å². The Bertz CT molecular complexity index is 1380. The van der Waals surface area contributed by atoms with E-state index >= 15 is 0 Å². The van der Waals surface area contributed by atoms with Gasteiger partial charge in [-0.15, -0.1) is 0 Å². The van der Waals surface area contributed by atoms with E-state index in [0.29, 0.717) is 35.6 Å². The highest BCUT2D eigenvalue weighted by Gasteiger charge is 2.34. The van der Waals surface area contributed by atoms with Crippen LogP contribution < -0.4 is 5.32 Å². The fourth-order valence-electron chi connectivity index (χ4n) is 6.20. The Labute approximate surface area is 265 Å². The number of rotatable bonds is 13. The molecule has 0 radical (unpaired) electrons. The van der Waals surface area contributed by atoms with Crippen molar-refractivity contribution in [1.82, 2.24) is 10.2 Å². The van der Waals surface area contributed by atoms with Crippen molar-refractivity contribution in [3.63, 3.8) is 0 Å². The molecule has 1 fully saturated rings. The first-order valence-corrected chi connectivity index (χ1v) is 16.0. The molecule has 5 nitrogen and oxygen atoms in total. The summed E-state index contributed by atoms with van der Waals surface area (Å²) in [5.41, 5.74) is 1.80. The molecule has 45 heavy (non-hydrogen) atoms. The van der Waals surface area contributed by atoms with Crippen LogP contribution in [0, 0.1) is 5.92 Å². The Morgan fingerprint density at radius 1 is 0.911 bits per heavy atom. The minimum Gasteiger partial charge on any atom is -0.465 e. The molecule has 0 spiro atoms. The predicted molar refractivity (Wildman–Crippen MR) is 172 cm³/mol. The van der Waals surface area contributed by atoms with E-state index in [-0.39, 0.29) is 23.3 Å². The molecule has 1 aliphatic heterocycles. The number of ether oxygens (including phenoxy) is 1. The van der Waals surface area contributed by atoms with Crippen LogP contribution in [0.25, 0.3) is 11.1 Å². The minimum absolute atomic E-state index is 0.0178. The first-order valence-electron chi connectivity index (χ1n) is 16.0. The van der Waals surface area contributed by atoms with Crippen LogP contribution >= 0.6 is 0 Å². The van der Waals surface area contributed by atoms with Crippen molar-refractivity contribution in [2.45, 2.75) is 76.9 Å². The summed E-state index contributed by atoms with van der Waals surface area (Å²) in [7, 11) is 0. The lowest BCUT2D eigenvalue weighted by atomic mass is 9.72. The molecule has 1 unspecified atom stereocenters. The average Bonchev–Trinajstić information content (AvgIpc) is 3.04. The number of carbonyl (C=O) groups is 2. The van der Waals surface area contributed by atoms with E-state index in [1.165, 1.54) is 17.7 Å². The maximum absolute atomic E-state index is 13.3. The maximum Gasteiger partial charge on any atom is 0.416 e. The third kappa shape index (κ3) is 9.42. The lowest BCUT2D eigenvalue weighted by Gasteiger charge is -2.35. The van der Waals surface area contributed by atoms with Crippen LogP contribution in [0.1, 0.15) is 80.8 Å². The van der Waals surface area contributed by atoms with Crippen LogP contribution in [-0.2, 0) is 21.1 Å². The van der Waals surface area contributed by atoms with Crippen molar-refractivity contribution in [2.24, 2.45) is 5.92 Å². The number of nitrogens with one attached hydrogen (secondary N) is 1. The van der Waals surface area contributed by atoms with Crippen molar-refractivity contribution in [1.29, 1.82) is 0 Å². The zero-order valence-corrected chi connectivity index (χ0v) is 26.5. The summed E-state index contributed by atoms with van der Waals surface area (Å²) in [6.45, 7) is 9.26. The van der Waals surface area contributed by atoms with Crippen molar-refractivity contribution in [3.8, 4) is 11.1 Å². The van der Waals surface area contributed by atoms with E-state index in [2.05, 4.69) is 29.3 Å². The van der Waals surface area contributed by atoms with Gasteiger partial charge in [0.2, 0.25) is 0 Å². The molecule has 3 aromatic rings. The SMILES string of the molecule is CCC(CCCN1CCC(NC(=O)c2ccccc2-c2ccc(C(F)(F)F)cc2)CC1)(CC(=O)OCC(C)C)c1ccccc1. The molecule has 242 valence electrons. The summed E-state index contributed by atoms with van der Waals surface area (Å²) in [4.78, 5) is 28.5. The number of likely N-dealkylation sites (tertiary alicyclic amines) is 1. The first kappa shape index (κ1) is 34.2. The molecule has 0 aromatic heterocycles. The minimum atomic E-state index is -4.41. The van der Waals surface area contributed by atoms with Gasteiger partial charge < -0.3 is 15.0 Å². The van der Waals surface area contributed by atoms with Gasteiger partial charge in [-0.25, -0.2) is 0 Å². The molecular weight excluding hydrogens is 577 g/mol. The van der Waals surface area contributed by atoms with E-state index in [1.807, 2.05) is 32.0 Å². The number of hydrogen-bond donors (Lipinski definition) is 1. The standard InChI is InChI=1S/C37H45F3N2O3/c1-4-36(29-11-6-5-7-12-29,25-34(43)45-26-27(2)3)21-10-22-42-23-19-31(20-24-42)41-35(44)33-14-9-8-13-32(33)28-15-17-30(18-16-28)37(38,39)40/h5-9,11-18,27,31H,4,10,19-26H2,1-3H3,(H,41,44). The predicted octanol–water partition coefficient (Wildman–Crippen LogP) is 8.28. The van der Waals surface area contributed by atoms with Crippen LogP contribution in [0.5, 0.6) is 0 Å². The smallest absolute Gasteiger partial charge is 0.416 e. The lowest BCUT2D eigenvalue weighted by molar-refractivity contribution is -0.146. The van der Waals surface area contributed by atoms with Crippen molar-refractivity contribution in [2.75, 3.05) is 26.2 Å². The number of piperidine rings is 1. The largest absolute Gasteiger partial charge is 0.465 e. The third-order valence-corrected chi connectivity index (χ3v) is 8.87. The fourth-order valence-corrected chi connectivity index (χ4v) is 6.20. The number of amides is 1. The molecule has 1 heterocycles. The van der Waals surface area contributed by atoms with Crippen LogP contribution in [0.15, 0.2) is 78.9 Å². The van der Waals surface area contributed by atoms with Gasteiger partial charge in [-0.3, -0.25) is 9.59 Å². The molecule has 1 N–H and O–H groups in total. The van der Waals surface area contributed by atoms with Crippen molar-refractivity contribution >= 4 is 11.9 Å². The second kappa shape index (κ2) is 15.6. The molecule has 1 amide bonds. The molecule has 0 aliphatic carbocycles. The van der Waals surface area contributed by atoms with Gasteiger partial charge >= 0.3 is 12.1 Å². The molecular formula is C37H45F3N2O3. The van der Waals surface area contributed by atoms with Crippen molar-refractivity contribution in [3.05, 3.63) is 95.6 Å². The molecule has 4 rings (SSSR count). The summed E-state index contributed by atoms with van der Waals surface area (Å²) >= 11 is 0. The summed E-state index contributed by atoms with van der Waals surface area (Å²) in [5, 5.41) is 3.16. The van der Waals surface area contributed by atoms with E-state index < -0.39 is 11.7 Å². The zero-order chi connectivity index (χ0) is 32.5. The molecule has 0 bridgehead atoms. The first-order chi connectivity index (χ1) is 21.5. The summed E-state index contributed by atoms with van der Waals surface area (Å²) < 4.78 is 44.7. The zero-order valence-electron chi connectivity index (χ0n) is 26.5. The van der Waals surface area contributed by atoms with Gasteiger partial charge in [-0.05, 0) is 79.5 Å². The topological polar surface area (TPSA) is 58.6 Å². The molecule has 3 aromatic carbocycles. The van der Waals surface area contributed by atoms with Gasteiger partial charge in [-0.2, -0.15) is 13.2 Å². The monoisotopic (exact) mass is 622 g/mol. The Balaban J connectivity index is 1.31. The molecule has 1 atom stereocenters. The van der Waals surface area contributed by atoms with Gasteiger partial charge in [0.05, 0.1) is 18.6 Å². The van der Waals surface area contributed by atoms with Gasteiger partial charge in [0, 0.05) is 30.1 Å². The molecule has 8 heteroatoms. The van der Waals surface area contributed by atoms with Gasteiger partial charge in [0.15, 0.2) is 0 Å². The summed E-state index contributed by atoms with van der Waals surface area (Å²) in [6.07, 6.45) is 0.241. The summed E-state index contributed by atoms with van der Waals surface area (Å²) in [5.74, 6) is -0.0714. The van der Waals surface area contributed by atoms with E-state index in [4.69, 9.17) is 4.74 Å². The van der Waals surface area contributed by atoms with Gasteiger partial charge in [0.1, 0.15) is 0 Å². The van der Waals surface area contributed by atoms with Crippen LogP contribution in [0.4, 0.5) is 13.2 Å². The Hall–Kier alpha value is -3.65. The number of esters is 1. The Kier molecular flexibility index (Phi) is 11.8. The number of hydrogen-bond acceptors (Lipinski definition) is 4. The van der Waals surface area contributed by atoms with Crippen LogP contribution in [-0.4, -0.2) is 49.1 Å². The molecule has 1 aliphatic rings. The lowest BCUT2D eigenvalue weighted by Crippen LogP contribution is -2.45.